The van der Waals surface area contributed by atoms with Crippen LogP contribution < -0.4 is 10.2 Å². The summed E-state index contributed by atoms with van der Waals surface area (Å²) in [4.78, 5) is 32.4. The maximum Gasteiger partial charge on any atom is 0.433 e. The first kappa shape index (κ1) is 15.9. The number of nitrogens with zero attached hydrogens (tertiary/aromatic N) is 4. The molecule has 1 amide bonds. The number of amides is 1. The Hall–Kier alpha value is -3.01. The van der Waals surface area contributed by atoms with Crippen LogP contribution in [0.3, 0.4) is 0 Å². The zero-order valence-electron chi connectivity index (χ0n) is 12.7. The molecule has 1 N–H and O–H groups in total. The molecule has 0 unspecified atom stereocenters. The van der Waals surface area contributed by atoms with Crippen LogP contribution in [0.5, 0.6) is 0 Å². The summed E-state index contributed by atoms with van der Waals surface area (Å²) in [6, 6.07) is 4.08. The lowest BCUT2D eigenvalue weighted by Gasteiger charge is -2.26. The van der Waals surface area contributed by atoms with Gasteiger partial charge in [0.15, 0.2) is 5.76 Å². The molecule has 0 radical (unpaired) electrons. The van der Waals surface area contributed by atoms with Crippen molar-refractivity contribution < 1.29 is 18.9 Å². The number of hydrogen-bond acceptors (Lipinski definition) is 8. The third-order valence-electron chi connectivity index (χ3n) is 3.42. The molecule has 0 aromatic carbocycles. The Morgan fingerprint density at radius 1 is 1.33 bits per heavy atom. The predicted octanol–water partition coefficient (Wildman–Crippen LogP) is 0.744. The van der Waals surface area contributed by atoms with E-state index in [-0.39, 0.29) is 12.3 Å². The number of rotatable bonds is 5. The highest BCUT2D eigenvalue weighted by molar-refractivity contribution is 5.91. The summed E-state index contributed by atoms with van der Waals surface area (Å²) in [6.07, 6.45) is 1.62. The fraction of sp³-hybridized carbons (Fsp3) is 0.357. The van der Waals surface area contributed by atoms with Gasteiger partial charge in [0.05, 0.1) is 31.5 Å². The van der Waals surface area contributed by atoms with E-state index in [1.54, 1.807) is 12.3 Å². The van der Waals surface area contributed by atoms with Gasteiger partial charge in [0.2, 0.25) is 5.95 Å². The molecule has 3 rings (SSSR count). The van der Waals surface area contributed by atoms with Crippen LogP contribution in [-0.4, -0.2) is 47.1 Å². The van der Waals surface area contributed by atoms with Gasteiger partial charge in [0.1, 0.15) is 4.92 Å². The van der Waals surface area contributed by atoms with Crippen molar-refractivity contribution in [3.8, 4) is 0 Å². The monoisotopic (exact) mass is 333 g/mol. The van der Waals surface area contributed by atoms with E-state index in [2.05, 4.69) is 15.3 Å². The number of aromatic nitrogens is 2. The van der Waals surface area contributed by atoms with Crippen molar-refractivity contribution >= 4 is 17.7 Å². The van der Waals surface area contributed by atoms with Crippen LogP contribution in [0, 0.1) is 10.1 Å². The van der Waals surface area contributed by atoms with Crippen LogP contribution >= 0.6 is 0 Å². The summed E-state index contributed by atoms with van der Waals surface area (Å²) in [5.74, 6) is -0.561. The lowest BCUT2D eigenvalue weighted by Crippen LogP contribution is -2.37. The van der Waals surface area contributed by atoms with Crippen LogP contribution in [-0.2, 0) is 11.3 Å². The number of carbonyl (C=O) groups excluding carboxylic acids is 1. The topological polar surface area (TPSA) is 124 Å². The lowest BCUT2D eigenvalue weighted by atomic mass is 10.3. The largest absolute Gasteiger partial charge is 0.433 e. The Kier molecular flexibility index (Phi) is 4.66. The number of anilines is 1. The molecular weight excluding hydrogens is 318 g/mol. The van der Waals surface area contributed by atoms with Gasteiger partial charge in [-0.15, -0.1) is 0 Å². The Bertz CT molecular complexity index is 741. The van der Waals surface area contributed by atoms with E-state index in [0.717, 1.165) is 6.07 Å². The number of morpholine rings is 1. The van der Waals surface area contributed by atoms with Crippen LogP contribution in [0.15, 0.2) is 28.8 Å². The van der Waals surface area contributed by atoms with Crippen LogP contribution in [0.2, 0.25) is 0 Å². The summed E-state index contributed by atoms with van der Waals surface area (Å²) < 4.78 is 10.1. The summed E-state index contributed by atoms with van der Waals surface area (Å²) in [5.41, 5.74) is 0.626. The molecule has 1 fully saturated rings. The maximum absolute atomic E-state index is 11.9. The second-order valence-electron chi connectivity index (χ2n) is 5.03. The van der Waals surface area contributed by atoms with Crippen molar-refractivity contribution in [1.82, 2.24) is 15.3 Å². The average molecular weight is 333 g/mol. The second kappa shape index (κ2) is 7.04. The van der Waals surface area contributed by atoms with E-state index in [1.807, 2.05) is 4.90 Å². The van der Waals surface area contributed by atoms with E-state index in [9.17, 15) is 14.9 Å². The molecule has 10 heteroatoms. The van der Waals surface area contributed by atoms with E-state index in [4.69, 9.17) is 9.15 Å². The van der Waals surface area contributed by atoms with E-state index in [1.165, 1.54) is 6.07 Å². The van der Waals surface area contributed by atoms with Gasteiger partial charge in [-0.3, -0.25) is 14.9 Å². The number of ether oxygens (including phenoxy) is 1. The molecular formula is C14H15N5O5. The smallest absolute Gasteiger partial charge is 0.395 e. The van der Waals surface area contributed by atoms with Crippen molar-refractivity contribution in [3.05, 3.63) is 46.0 Å². The highest BCUT2D eigenvalue weighted by Crippen LogP contribution is 2.15. The molecule has 1 saturated heterocycles. The minimum absolute atomic E-state index is 0.121. The fourth-order valence-electron chi connectivity index (χ4n) is 2.20. The molecule has 3 heterocycles. The summed E-state index contributed by atoms with van der Waals surface area (Å²) in [7, 11) is 0. The molecule has 2 aromatic heterocycles. The molecule has 0 saturated carbocycles. The average Bonchev–Trinajstić information content (AvgIpc) is 3.11. The molecule has 10 nitrogen and oxygen atoms in total. The van der Waals surface area contributed by atoms with Gasteiger partial charge in [-0.25, -0.2) is 9.97 Å². The Labute approximate surface area is 136 Å². The van der Waals surface area contributed by atoms with E-state index >= 15 is 0 Å². The van der Waals surface area contributed by atoms with Gasteiger partial charge in [0, 0.05) is 19.3 Å². The van der Waals surface area contributed by atoms with Gasteiger partial charge in [-0.1, -0.05) is 0 Å². The third-order valence-corrected chi connectivity index (χ3v) is 3.42. The molecule has 1 aliphatic heterocycles. The van der Waals surface area contributed by atoms with E-state index in [0.29, 0.717) is 37.9 Å². The first-order chi connectivity index (χ1) is 11.6. The molecule has 0 aliphatic carbocycles. The highest BCUT2D eigenvalue weighted by Gasteiger charge is 2.18. The Balaban J connectivity index is 1.61. The lowest BCUT2D eigenvalue weighted by molar-refractivity contribution is -0.402. The summed E-state index contributed by atoms with van der Waals surface area (Å²) in [5, 5.41) is 13.2. The van der Waals surface area contributed by atoms with Crippen LogP contribution in [0.1, 0.15) is 16.2 Å². The molecule has 1 aliphatic rings. The molecule has 24 heavy (non-hydrogen) atoms. The third kappa shape index (κ3) is 3.66. The second-order valence-corrected chi connectivity index (χ2v) is 5.03. The summed E-state index contributed by atoms with van der Waals surface area (Å²) in [6.45, 7) is 2.84. The summed E-state index contributed by atoms with van der Waals surface area (Å²) >= 11 is 0. The van der Waals surface area contributed by atoms with Crippen LogP contribution in [0.4, 0.5) is 11.8 Å². The Morgan fingerprint density at radius 3 is 2.83 bits per heavy atom. The molecule has 0 bridgehead atoms. The first-order valence-corrected chi connectivity index (χ1v) is 7.30. The zero-order valence-corrected chi connectivity index (χ0v) is 12.7. The fourth-order valence-corrected chi connectivity index (χ4v) is 2.20. The van der Waals surface area contributed by atoms with Gasteiger partial charge in [-0.2, -0.15) is 0 Å². The SMILES string of the molecule is O=C(NCc1ccnc(N2CCOCC2)n1)c1ccc([N+](=O)[O-])o1. The van der Waals surface area contributed by atoms with Gasteiger partial charge < -0.3 is 19.4 Å². The van der Waals surface area contributed by atoms with Crippen molar-refractivity contribution in [1.29, 1.82) is 0 Å². The maximum atomic E-state index is 11.9. The number of nitro groups is 1. The number of nitrogens with one attached hydrogen (secondary N) is 1. The van der Waals surface area contributed by atoms with Crippen LogP contribution in [0.25, 0.3) is 0 Å². The van der Waals surface area contributed by atoms with Crippen molar-refractivity contribution in [2.75, 3.05) is 31.2 Å². The van der Waals surface area contributed by atoms with Crippen molar-refractivity contribution in [2.45, 2.75) is 6.54 Å². The standard InChI is InChI=1S/C14H15N5O5/c20-13(11-1-2-12(24-11)19(21)22)16-9-10-3-4-15-14(17-10)18-5-7-23-8-6-18/h1-4H,5-9H2,(H,16,20). The van der Waals surface area contributed by atoms with Gasteiger partial charge in [-0.05, 0) is 12.1 Å². The van der Waals surface area contributed by atoms with Crippen molar-refractivity contribution in [2.24, 2.45) is 0 Å². The Morgan fingerprint density at radius 2 is 2.12 bits per heavy atom. The van der Waals surface area contributed by atoms with Gasteiger partial charge in [0.25, 0.3) is 5.91 Å². The van der Waals surface area contributed by atoms with E-state index < -0.39 is 16.7 Å². The first-order valence-electron chi connectivity index (χ1n) is 7.30. The molecule has 2 aromatic rings. The molecule has 126 valence electrons. The van der Waals surface area contributed by atoms with Crippen molar-refractivity contribution in [3.63, 3.8) is 0 Å². The molecule has 0 spiro atoms. The minimum atomic E-state index is -0.699. The number of furan rings is 1. The normalized spacial score (nSPS) is 14.4. The number of hydrogen-bond donors (Lipinski definition) is 1. The quantitative estimate of drug-likeness (QED) is 0.628. The zero-order chi connectivity index (χ0) is 16.9. The predicted molar refractivity (Wildman–Crippen MR) is 81.6 cm³/mol. The van der Waals surface area contributed by atoms with Gasteiger partial charge >= 0.3 is 5.88 Å². The molecule has 0 atom stereocenters. The highest BCUT2D eigenvalue weighted by atomic mass is 16.6. The minimum Gasteiger partial charge on any atom is -0.395 e. The number of carbonyl (C=O) groups is 1.